The van der Waals surface area contributed by atoms with E-state index in [0.29, 0.717) is 0 Å². The number of aromatic nitrogens is 1. The van der Waals surface area contributed by atoms with Crippen molar-refractivity contribution in [1.29, 1.82) is 0 Å². The monoisotopic (exact) mass is 281 g/mol. The Kier molecular flexibility index (Phi) is 3.17. The Morgan fingerprint density at radius 3 is 1.86 bits per heavy atom. The molecule has 0 fully saturated rings. The zero-order valence-corrected chi connectivity index (χ0v) is 12.1. The first-order valence-electron chi connectivity index (χ1n) is 7.41. The van der Waals surface area contributed by atoms with E-state index in [4.69, 9.17) is 0 Å². The summed E-state index contributed by atoms with van der Waals surface area (Å²) in [5, 5.41) is 2.49. The highest BCUT2D eigenvalue weighted by molar-refractivity contribution is 5.95. The van der Waals surface area contributed by atoms with Gasteiger partial charge in [0.2, 0.25) is 0 Å². The van der Waals surface area contributed by atoms with Crippen molar-refractivity contribution < 1.29 is 0 Å². The van der Waals surface area contributed by atoms with E-state index in [9.17, 15) is 0 Å². The first-order valence-corrected chi connectivity index (χ1v) is 7.41. The van der Waals surface area contributed by atoms with Crippen LogP contribution in [-0.4, -0.2) is 4.98 Å². The van der Waals surface area contributed by atoms with Crippen LogP contribution in [0.2, 0.25) is 0 Å². The average Bonchev–Trinajstić information content (AvgIpc) is 2.62. The second kappa shape index (κ2) is 5.45. The number of pyridine rings is 1. The molecular formula is C21H15N. The van der Waals surface area contributed by atoms with Crippen LogP contribution >= 0.6 is 0 Å². The molecule has 104 valence electrons. The summed E-state index contributed by atoms with van der Waals surface area (Å²) < 4.78 is 0. The highest BCUT2D eigenvalue weighted by atomic mass is 14.7. The number of fused-ring (bicyclic) bond motifs is 1. The fourth-order valence-corrected chi connectivity index (χ4v) is 2.83. The summed E-state index contributed by atoms with van der Waals surface area (Å²) >= 11 is 0. The van der Waals surface area contributed by atoms with Crippen LogP contribution in [0.1, 0.15) is 0 Å². The maximum absolute atomic E-state index is 4.54. The van der Waals surface area contributed by atoms with E-state index in [1.807, 2.05) is 24.4 Å². The van der Waals surface area contributed by atoms with E-state index < -0.39 is 0 Å². The summed E-state index contributed by atoms with van der Waals surface area (Å²) in [5.74, 6) is 0. The Labute approximate surface area is 129 Å². The van der Waals surface area contributed by atoms with Gasteiger partial charge < -0.3 is 0 Å². The summed E-state index contributed by atoms with van der Waals surface area (Å²) in [4.78, 5) is 4.54. The van der Waals surface area contributed by atoms with Crippen LogP contribution in [0.15, 0.2) is 91.1 Å². The van der Waals surface area contributed by atoms with Crippen LogP contribution in [0.5, 0.6) is 0 Å². The number of rotatable bonds is 2. The van der Waals surface area contributed by atoms with Gasteiger partial charge in [-0.15, -0.1) is 0 Å². The zero-order chi connectivity index (χ0) is 14.8. The molecule has 0 bridgehead atoms. The van der Waals surface area contributed by atoms with Crippen LogP contribution < -0.4 is 0 Å². The third kappa shape index (κ3) is 2.27. The predicted octanol–water partition coefficient (Wildman–Crippen LogP) is 5.57. The molecule has 0 saturated carbocycles. The lowest BCUT2D eigenvalue weighted by molar-refractivity contribution is 1.33. The quantitative estimate of drug-likeness (QED) is 0.468. The second-order valence-electron chi connectivity index (χ2n) is 5.33. The van der Waals surface area contributed by atoms with Gasteiger partial charge in [0.1, 0.15) is 0 Å². The molecule has 0 saturated heterocycles. The lowest BCUT2D eigenvalue weighted by atomic mass is 9.93. The maximum atomic E-state index is 4.54. The minimum absolute atomic E-state index is 1.01. The molecule has 0 spiro atoms. The molecule has 1 aromatic heterocycles. The Morgan fingerprint density at radius 1 is 0.545 bits per heavy atom. The summed E-state index contributed by atoms with van der Waals surface area (Å²) in [7, 11) is 0. The Bertz CT molecular complexity index is 834. The van der Waals surface area contributed by atoms with Crippen LogP contribution in [0.3, 0.4) is 0 Å². The van der Waals surface area contributed by atoms with Crippen molar-refractivity contribution in [3.05, 3.63) is 91.1 Å². The molecule has 3 aromatic carbocycles. The lowest BCUT2D eigenvalue weighted by Gasteiger charge is -2.12. The van der Waals surface area contributed by atoms with Gasteiger partial charge >= 0.3 is 0 Å². The molecule has 1 heterocycles. The Balaban J connectivity index is 2.04. The Morgan fingerprint density at radius 2 is 1.18 bits per heavy atom. The average molecular weight is 281 g/mol. The van der Waals surface area contributed by atoms with Crippen molar-refractivity contribution in [2.24, 2.45) is 0 Å². The molecule has 4 rings (SSSR count). The molecule has 0 aliphatic carbocycles. The summed E-state index contributed by atoms with van der Waals surface area (Å²) in [6, 6.07) is 29.5. The van der Waals surface area contributed by atoms with E-state index in [1.165, 1.54) is 27.5 Å². The van der Waals surface area contributed by atoms with E-state index >= 15 is 0 Å². The van der Waals surface area contributed by atoms with E-state index in [0.717, 1.165) is 5.69 Å². The molecule has 0 amide bonds. The number of hydrogen-bond donors (Lipinski definition) is 0. The molecule has 0 aliphatic rings. The molecule has 22 heavy (non-hydrogen) atoms. The van der Waals surface area contributed by atoms with Gasteiger partial charge in [0.15, 0.2) is 0 Å². The van der Waals surface area contributed by atoms with Crippen LogP contribution in [-0.2, 0) is 0 Å². The maximum Gasteiger partial charge on any atom is 0.0708 e. The number of benzene rings is 3. The minimum atomic E-state index is 1.01. The van der Waals surface area contributed by atoms with Gasteiger partial charge in [0.05, 0.1) is 5.69 Å². The van der Waals surface area contributed by atoms with Gasteiger partial charge in [0.25, 0.3) is 0 Å². The first-order chi connectivity index (χ1) is 10.9. The number of nitrogens with zero attached hydrogens (tertiary/aromatic N) is 1. The van der Waals surface area contributed by atoms with Crippen LogP contribution in [0.25, 0.3) is 33.2 Å². The molecule has 0 radical (unpaired) electrons. The summed E-state index contributed by atoms with van der Waals surface area (Å²) in [6.07, 6.45) is 1.85. The molecule has 4 aromatic rings. The lowest BCUT2D eigenvalue weighted by Crippen LogP contribution is -1.88. The van der Waals surface area contributed by atoms with Gasteiger partial charge in [-0.1, -0.05) is 60.7 Å². The van der Waals surface area contributed by atoms with Crippen molar-refractivity contribution in [3.8, 4) is 22.4 Å². The first kappa shape index (κ1) is 12.8. The third-order valence-electron chi connectivity index (χ3n) is 3.91. The highest BCUT2D eigenvalue weighted by Crippen LogP contribution is 2.34. The van der Waals surface area contributed by atoms with Gasteiger partial charge in [0, 0.05) is 11.8 Å². The van der Waals surface area contributed by atoms with Crippen molar-refractivity contribution in [2.75, 3.05) is 0 Å². The van der Waals surface area contributed by atoms with Crippen molar-refractivity contribution in [2.45, 2.75) is 0 Å². The molecule has 0 aliphatic heterocycles. The smallest absolute Gasteiger partial charge is 0.0708 e. The summed E-state index contributed by atoms with van der Waals surface area (Å²) in [5.41, 5.74) is 4.62. The fraction of sp³-hybridized carbons (Fsp3) is 0. The standard InChI is InChI=1S/C21H15N/c1-2-8-16(9-3-1)19-14-17-10-4-5-11-18(17)15-20(19)21-12-6-7-13-22-21/h1-15H. The van der Waals surface area contributed by atoms with Crippen molar-refractivity contribution in [1.82, 2.24) is 4.98 Å². The van der Waals surface area contributed by atoms with Gasteiger partial charge in [-0.25, -0.2) is 0 Å². The van der Waals surface area contributed by atoms with Crippen LogP contribution in [0, 0.1) is 0 Å². The van der Waals surface area contributed by atoms with Gasteiger partial charge in [-0.3, -0.25) is 4.98 Å². The van der Waals surface area contributed by atoms with Crippen LogP contribution in [0.4, 0.5) is 0 Å². The largest absolute Gasteiger partial charge is 0.256 e. The normalized spacial score (nSPS) is 10.7. The summed E-state index contributed by atoms with van der Waals surface area (Å²) in [6.45, 7) is 0. The molecule has 0 atom stereocenters. The third-order valence-corrected chi connectivity index (χ3v) is 3.91. The Hall–Kier alpha value is -2.93. The molecule has 0 unspecified atom stereocenters. The van der Waals surface area contributed by atoms with Gasteiger partial charge in [-0.05, 0) is 46.2 Å². The number of hydrogen-bond acceptors (Lipinski definition) is 1. The fourth-order valence-electron chi connectivity index (χ4n) is 2.83. The van der Waals surface area contributed by atoms with E-state index in [-0.39, 0.29) is 0 Å². The topological polar surface area (TPSA) is 12.9 Å². The zero-order valence-electron chi connectivity index (χ0n) is 12.1. The molecular weight excluding hydrogens is 266 g/mol. The van der Waals surface area contributed by atoms with E-state index in [1.54, 1.807) is 0 Å². The predicted molar refractivity (Wildman–Crippen MR) is 92.6 cm³/mol. The van der Waals surface area contributed by atoms with Crippen molar-refractivity contribution >= 4 is 10.8 Å². The van der Waals surface area contributed by atoms with Crippen molar-refractivity contribution in [3.63, 3.8) is 0 Å². The SMILES string of the molecule is c1ccc(-c2cc3ccccc3cc2-c2ccccn2)cc1. The highest BCUT2D eigenvalue weighted by Gasteiger charge is 2.09. The van der Waals surface area contributed by atoms with Gasteiger partial charge in [-0.2, -0.15) is 0 Å². The molecule has 1 heteroatoms. The molecule has 1 nitrogen and oxygen atoms in total. The second-order valence-corrected chi connectivity index (χ2v) is 5.33. The van der Waals surface area contributed by atoms with E-state index in [2.05, 4.69) is 71.7 Å². The minimum Gasteiger partial charge on any atom is -0.256 e. The molecule has 0 N–H and O–H groups in total.